The predicted octanol–water partition coefficient (Wildman–Crippen LogP) is 3.98. The fourth-order valence-electron chi connectivity index (χ4n) is 2.32. The van der Waals surface area contributed by atoms with Gasteiger partial charge in [0.15, 0.2) is 5.82 Å². The molecule has 0 aliphatic carbocycles. The summed E-state index contributed by atoms with van der Waals surface area (Å²) >= 11 is 1.21. The van der Waals surface area contributed by atoms with Crippen LogP contribution in [0.4, 0.5) is 13.2 Å². The number of benzene rings is 2. The summed E-state index contributed by atoms with van der Waals surface area (Å²) in [6, 6.07) is 12.4. The number of methoxy groups -OCH3 is 1. The number of nitrogen functional groups attached to an aromatic ring is 1. The molecule has 0 fully saturated rings. The minimum absolute atomic E-state index is 0.289. The molecule has 2 aromatic carbocycles. The van der Waals surface area contributed by atoms with E-state index in [1.807, 2.05) is 6.07 Å². The monoisotopic (exact) mass is 380 g/mol. The van der Waals surface area contributed by atoms with E-state index in [-0.39, 0.29) is 5.75 Å². The number of thioether (sulfide) groups is 1. The van der Waals surface area contributed by atoms with Gasteiger partial charge in [-0.1, -0.05) is 42.1 Å². The first-order valence-corrected chi connectivity index (χ1v) is 8.51. The molecule has 0 radical (unpaired) electrons. The quantitative estimate of drug-likeness (QED) is 0.536. The second-order valence-electron chi connectivity index (χ2n) is 5.39. The van der Waals surface area contributed by atoms with Crippen molar-refractivity contribution in [3.63, 3.8) is 0 Å². The van der Waals surface area contributed by atoms with Crippen LogP contribution >= 0.6 is 11.8 Å². The van der Waals surface area contributed by atoms with E-state index in [9.17, 15) is 13.2 Å². The van der Waals surface area contributed by atoms with E-state index in [2.05, 4.69) is 10.2 Å². The molecule has 5 nitrogen and oxygen atoms in total. The van der Waals surface area contributed by atoms with Gasteiger partial charge in [0.25, 0.3) is 0 Å². The first-order valence-electron chi connectivity index (χ1n) is 7.52. The van der Waals surface area contributed by atoms with Gasteiger partial charge in [-0.15, -0.1) is 10.2 Å². The Morgan fingerprint density at radius 1 is 1.12 bits per heavy atom. The maximum absolute atomic E-state index is 12.8. The van der Waals surface area contributed by atoms with Gasteiger partial charge in [-0.05, 0) is 23.8 Å². The SMILES string of the molecule is COc1cccc(-c2nnc(SCc3cccc(C(F)(F)F)c3)n2N)c1. The van der Waals surface area contributed by atoms with Gasteiger partial charge in [0.1, 0.15) is 5.75 Å². The summed E-state index contributed by atoms with van der Waals surface area (Å²) in [5.41, 5.74) is 0.572. The summed E-state index contributed by atoms with van der Waals surface area (Å²) in [5.74, 6) is 7.43. The van der Waals surface area contributed by atoms with Crippen LogP contribution < -0.4 is 10.6 Å². The first kappa shape index (κ1) is 18.1. The van der Waals surface area contributed by atoms with E-state index in [0.29, 0.717) is 22.3 Å². The third-order valence-electron chi connectivity index (χ3n) is 3.61. The highest BCUT2D eigenvalue weighted by Crippen LogP contribution is 2.31. The number of nitrogens with zero attached hydrogens (tertiary/aromatic N) is 3. The molecule has 0 saturated carbocycles. The van der Waals surface area contributed by atoms with E-state index in [1.165, 1.54) is 22.5 Å². The molecule has 0 aliphatic heterocycles. The Hall–Kier alpha value is -2.68. The van der Waals surface area contributed by atoms with E-state index in [1.54, 1.807) is 31.4 Å². The molecule has 0 unspecified atom stereocenters. The van der Waals surface area contributed by atoms with Crippen LogP contribution in [0, 0.1) is 0 Å². The van der Waals surface area contributed by atoms with Crippen molar-refractivity contribution >= 4 is 11.8 Å². The van der Waals surface area contributed by atoms with Crippen LogP contribution in [0.1, 0.15) is 11.1 Å². The molecule has 0 spiro atoms. The standard InChI is InChI=1S/C17H15F3N4OS/c1-25-14-7-3-5-12(9-14)15-22-23-16(24(15)21)26-10-11-4-2-6-13(8-11)17(18,19)20/h2-9H,10,21H2,1H3. The zero-order valence-electron chi connectivity index (χ0n) is 13.7. The molecule has 0 saturated heterocycles. The molecule has 0 aliphatic rings. The van der Waals surface area contributed by atoms with Crippen LogP contribution in [0.3, 0.4) is 0 Å². The number of hydrogen-bond donors (Lipinski definition) is 1. The molecule has 26 heavy (non-hydrogen) atoms. The average Bonchev–Trinajstić information content (AvgIpc) is 3.00. The van der Waals surface area contributed by atoms with Crippen LogP contribution in [0.25, 0.3) is 11.4 Å². The number of nitrogens with two attached hydrogens (primary N) is 1. The van der Waals surface area contributed by atoms with Crippen LogP contribution in [0.2, 0.25) is 0 Å². The van der Waals surface area contributed by atoms with Crippen molar-refractivity contribution in [2.75, 3.05) is 13.0 Å². The highest BCUT2D eigenvalue weighted by molar-refractivity contribution is 7.98. The van der Waals surface area contributed by atoms with Gasteiger partial charge in [0, 0.05) is 11.3 Å². The van der Waals surface area contributed by atoms with E-state index >= 15 is 0 Å². The number of rotatable bonds is 5. The summed E-state index contributed by atoms with van der Waals surface area (Å²) in [7, 11) is 1.56. The molecule has 3 rings (SSSR count). The molecule has 1 aromatic heterocycles. The van der Waals surface area contributed by atoms with Crippen LogP contribution in [0.15, 0.2) is 53.7 Å². The van der Waals surface area contributed by atoms with E-state index < -0.39 is 11.7 Å². The maximum Gasteiger partial charge on any atom is 0.416 e. The molecule has 136 valence electrons. The summed E-state index contributed by atoms with van der Waals surface area (Å²) in [6.45, 7) is 0. The number of alkyl halides is 3. The summed E-state index contributed by atoms with van der Waals surface area (Å²) in [6.07, 6.45) is -4.37. The predicted molar refractivity (Wildman–Crippen MR) is 93.2 cm³/mol. The Bertz CT molecular complexity index is 911. The third-order valence-corrected chi connectivity index (χ3v) is 4.63. The molecule has 0 bridgehead atoms. The lowest BCUT2D eigenvalue weighted by atomic mass is 10.1. The average molecular weight is 380 g/mol. The van der Waals surface area contributed by atoms with Gasteiger partial charge in [0.05, 0.1) is 12.7 Å². The normalized spacial score (nSPS) is 11.5. The Labute approximate surface area is 152 Å². The van der Waals surface area contributed by atoms with Gasteiger partial charge >= 0.3 is 6.18 Å². The van der Waals surface area contributed by atoms with Crippen molar-refractivity contribution in [1.29, 1.82) is 0 Å². The van der Waals surface area contributed by atoms with Crippen molar-refractivity contribution in [3.05, 3.63) is 59.7 Å². The summed E-state index contributed by atoms with van der Waals surface area (Å²) in [4.78, 5) is 0. The Morgan fingerprint density at radius 2 is 1.88 bits per heavy atom. The molecular formula is C17H15F3N4OS. The lowest BCUT2D eigenvalue weighted by Crippen LogP contribution is -2.11. The van der Waals surface area contributed by atoms with E-state index in [0.717, 1.165) is 17.7 Å². The molecule has 1 heterocycles. The fourth-order valence-corrected chi connectivity index (χ4v) is 3.12. The fraction of sp³-hybridized carbons (Fsp3) is 0.176. The van der Waals surface area contributed by atoms with Crippen LogP contribution in [-0.4, -0.2) is 22.0 Å². The zero-order chi connectivity index (χ0) is 18.7. The van der Waals surface area contributed by atoms with Crippen molar-refractivity contribution in [2.45, 2.75) is 17.1 Å². The third kappa shape index (κ3) is 3.93. The number of ether oxygens (including phenoxy) is 1. The second kappa shape index (κ2) is 7.28. The molecule has 9 heteroatoms. The Balaban J connectivity index is 1.77. The van der Waals surface area contributed by atoms with Crippen molar-refractivity contribution in [1.82, 2.24) is 14.9 Å². The highest BCUT2D eigenvalue weighted by atomic mass is 32.2. The van der Waals surface area contributed by atoms with Crippen LogP contribution in [0.5, 0.6) is 5.75 Å². The van der Waals surface area contributed by atoms with Crippen molar-refractivity contribution < 1.29 is 17.9 Å². The van der Waals surface area contributed by atoms with Gasteiger partial charge in [-0.25, -0.2) is 4.68 Å². The summed E-state index contributed by atoms with van der Waals surface area (Å²) in [5, 5.41) is 8.49. The lowest BCUT2D eigenvalue weighted by Gasteiger charge is -2.08. The minimum atomic E-state index is -4.37. The Kier molecular flexibility index (Phi) is 5.08. The first-order chi connectivity index (χ1) is 12.4. The summed E-state index contributed by atoms with van der Waals surface area (Å²) < 4.78 is 44.8. The Morgan fingerprint density at radius 3 is 2.62 bits per heavy atom. The number of halogens is 3. The molecule has 0 amide bonds. The maximum atomic E-state index is 12.8. The molecule has 2 N–H and O–H groups in total. The lowest BCUT2D eigenvalue weighted by molar-refractivity contribution is -0.137. The van der Waals surface area contributed by atoms with Crippen LogP contribution in [-0.2, 0) is 11.9 Å². The number of aromatic nitrogens is 3. The van der Waals surface area contributed by atoms with Crippen molar-refractivity contribution in [3.8, 4) is 17.1 Å². The second-order valence-corrected chi connectivity index (χ2v) is 6.34. The molecular weight excluding hydrogens is 365 g/mol. The van der Waals surface area contributed by atoms with E-state index in [4.69, 9.17) is 10.6 Å². The van der Waals surface area contributed by atoms with Gasteiger partial charge in [-0.3, -0.25) is 0 Å². The molecule has 0 atom stereocenters. The van der Waals surface area contributed by atoms with Gasteiger partial charge in [-0.2, -0.15) is 13.2 Å². The molecule has 3 aromatic rings. The minimum Gasteiger partial charge on any atom is -0.497 e. The zero-order valence-corrected chi connectivity index (χ0v) is 14.5. The number of hydrogen-bond acceptors (Lipinski definition) is 5. The van der Waals surface area contributed by atoms with Gasteiger partial charge in [0.2, 0.25) is 5.16 Å². The highest BCUT2D eigenvalue weighted by Gasteiger charge is 2.30. The smallest absolute Gasteiger partial charge is 0.416 e. The van der Waals surface area contributed by atoms with Crippen molar-refractivity contribution in [2.24, 2.45) is 0 Å². The largest absolute Gasteiger partial charge is 0.497 e. The van der Waals surface area contributed by atoms with Gasteiger partial charge < -0.3 is 10.6 Å². The topological polar surface area (TPSA) is 66.0 Å².